The lowest BCUT2D eigenvalue weighted by atomic mass is 9.95. The summed E-state index contributed by atoms with van der Waals surface area (Å²) in [5, 5.41) is 0.177. The van der Waals surface area contributed by atoms with Crippen molar-refractivity contribution in [2.75, 3.05) is 29.0 Å². The molecule has 0 aliphatic rings. The maximum atomic E-state index is 12.4. The predicted molar refractivity (Wildman–Crippen MR) is 143 cm³/mol. The van der Waals surface area contributed by atoms with E-state index in [2.05, 4.69) is 36.8 Å². The van der Waals surface area contributed by atoms with Crippen LogP contribution in [0.4, 0.5) is 11.4 Å². The Bertz CT molecular complexity index is 1120. The highest BCUT2D eigenvalue weighted by molar-refractivity contribution is 7.92. The number of nitrogens with zero attached hydrogens (tertiary/aromatic N) is 1. The summed E-state index contributed by atoms with van der Waals surface area (Å²) in [7, 11) is -3.38. The van der Waals surface area contributed by atoms with Crippen molar-refractivity contribution in [1.82, 2.24) is 0 Å². The van der Waals surface area contributed by atoms with Crippen molar-refractivity contribution in [3.05, 3.63) is 59.2 Å². The summed E-state index contributed by atoms with van der Waals surface area (Å²) in [4.78, 5) is 14.2. The van der Waals surface area contributed by atoms with Crippen LogP contribution >= 0.6 is 12.2 Å². The number of ether oxygens (including phenoxy) is 1. The Morgan fingerprint density at radius 2 is 1.74 bits per heavy atom. The number of nitrogens with two attached hydrogens (primary N) is 1. The van der Waals surface area contributed by atoms with Gasteiger partial charge in [-0.1, -0.05) is 18.2 Å². The van der Waals surface area contributed by atoms with E-state index in [9.17, 15) is 13.2 Å². The molecule has 0 spiro atoms. The number of esters is 1. The lowest BCUT2D eigenvalue weighted by molar-refractivity contribution is -0.154. The topological polar surface area (TPSA) is 102 Å². The second kappa shape index (κ2) is 11.2. The molecule has 0 bridgehead atoms. The first-order valence-corrected chi connectivity index (χ1v) is 13.3. The van der Waals surface area contributed by atoms with Crippen molar-refractivity contribution >= 4 is 44.7 Å². The maximum Gasteiger partial charge on any atom is 0.311 e. The summed E-state index contributed by atoms with van der Waals surface area (Å²) in [6.45, 7) is 10.2. The second-order valence-electron chi connectivity index (χ2n) is 9.71. The van der Waals surface area contributed by atoms with Crippen LogP contribution in [0, 0.1) is 25.2 Å². The van der Waals surface area contributed by atoms with Gasteiger partial charge in [-0.25, -0.2) is 8.42 Å². The van der Waals surface area contributed by atoms with Gasteiger partial charge in [0.2, 0.25) is 10.0 Å². The van der Waals surface area contributed by atoms with Gasteiger partial charge in [0.05, 0.1) is 18.3 Å². The van der Waals surface area contributed by atoms with Gasteiger partial charge in [-0.2, -0.15) is 0 Å². The third-order valence-electron chi connectivity index (χ3n) is 5.35. The molecule has 2 aromatic rings. The minimum atomic E-state index is -3.38. The number of thiocarbonyl (C=S) groups is 1. The average Bonchev–Trinajstić information content (AvgIpc) is 2.71. The standard InChI is InChI=1S/C25H35N3O4S2/c1-17-7-8-19(13-18(17)2)14-20(16-32-23(29)25(3,4)5)15-28(24(26)33)22-11-9-21(10-12-22)27-34(6,30)31/h7-13,20,27H,14-16H2,1-6H3,(H2,26,33). The van der Waals surface area contributed by atoms with Crippen LogP contribution in [0.15, 0.2) is 42.5 Å². The summed E-state index contributed by atoms with van der Waals surface area (Å²) < 4.78 is 31.1. The minimum absolute atomic E-state index is 0.0799. The van der Waals surface area contributed by atoms with E-state index < -0.39 is 15.4 Å². The second-order valence-corrected chi connectivity index (χ2v) is 11.9. The fourth-order valence-corrected chi connectivity index (χ4v) is 4.10. The number of nitrogens with one attached hydrogen (secondary N) is 1. The van der Waals surface area contributed by atoms with Crippen LogP contribution in [0.2, 0.25) is 0 Å². The summed E-state index contributed by atoms with van der Waals surface area (Å²) in [6, 6.07) is 13.1. The van der Waals surface area contributed by atoms with Crippen LogP contribution in [-0.4, -0.2) is 38.9 Å². The molecule has 0 aliphatic heterocycles. The van der Waals surface area contributed by atoms with Gasteiger partial charge in [0.15, 0.2) is 5.11 Å². The van der Waals surface area contributed by atoms with E-state index in [1.807, 2.05) is 20.8 Å². The van der Waals surface area contributed by atoms with E-state index in [1.54, 1.807) is 29.2 Å². The Kier molecular flexibility index (Phi) is 9.08. The molecule has 3 N–H and O–H groups in total. The number of carbonyl (C=O) groups is 1. The minimum Gasteiger partial charge on any atom is -0.465 e. The number of anilines is 2. The van der Waals surface area contributed by atoms with Crippen LogP contribution in [0.3, 0.4) is 0 Å². The van der Waals surface area contributed by atoms with Gasteiger partial charge in [-0.05, 0) is 94.2 Å². The van der Waals surface area contributed by atoms with E-state index >= 15 is 0 Å². The van der Waals surface area contributed by atoms with Crippen LogP contribution in [0.5, 0.6) is 0 Å². The molecule has 0 aliphatic carbocycles. The van der Waals surface area contributed by atoms with Gasteiger partial charge < -0.3 is 15.4 Å². The Hall–Kier alpha value is -2.65. The monoisotopic (exact) mass is 505 g/mol. The molecule has 9 heteroatoms. The number of carbonyl (C=O) groups excluding carboxylic acids is 1. The molecule has 1 atom stereocenters. The summed E-state index contributed by atoms with van der Waals surface area (Å²) in [5.41, 5.74) is 10.2. The van der Waals surface area contributed by atoms with E-state index in [-0.39, 0.29) is 23.6 Å². The van der Waals surface area contributed by atoms with Crippen molar-refractivity contribution in [2.24, 2.45) is 17.1 Å². The molecule has 0 aromatic heterocycles. The molecule has 0 fully saturated rings. The molecular formula is C25H35N3O4S2. The van der Waals surface area contributed by atoms with Crippen LogP contribution in [0.25, 0.3) is 0 Å². The van der Waals surface area contributed by atoms with E-state index in [1.165, 1.54) is 11.1 Å². The Morgan fingerprint density at radius 3 is 2.24 bits per heavy atom. The fourth-order valence-electron chi connectivity index (χ4n) is 3.35. The lowest BCUT2D eigenvalue weighted by Crippen LogP contribution is -2.41. The van der Waals surface area contributed by atoms with Crippen LogP contribution in [-0.2, 0) is 26.0 Å². The molecule has 2 rings (SSSR count). The third kappa shape index (κ3) is 8.61. The largest absolute Gasteiger partial charge is 0.465 e. The molecule has 0 radical (unpaired) electrons. The zero-order valence-corrected chi connectivity index (χ0v) is 22.3. The van der Waals surface area contributed by atoms with Crippen LogP contribution < -0.4 is 15.4 Å². The van der Waals surface area contributed by atoms with Gasteiger partial charge in [0.1, 0.15) is 0 Å². The average molecular weight is 506 g/mol. The molecule has 2 aromatic carbocycles. The smallest absolute Gasteiger partial charge is 0.311 e. The summed E-state index contributed by atoms with van der Waals surface area (Å²) in [6.07, 6.45) is 1.77. The maximum absolute atomic E-state index is 12.4. The highest BCUT2D eigenvalue weighted by Crippen LogP contribution is 2.23. The fraction of sp³-hybridized carbons (Fsp3) is 0.440. The van der Waals surface area contributed by atoms with Gasteiger partial charge in [-0.15, -0.1) is 0 Å². The van der Waals surface area contributed by atoms with Crippen molar-refractivity contribution in [2.45, 2.75) is 41.0 Å². The molecule has 0 saturated carbocycles. The van der Waals surface area contributed by atoms with Gasteiger partial charge >= 0.3 is 5.97 Å². The summed E-state index contributed by atoms with van der Waals surface area (Å²) in [5.74, 6) is -0.348. The van der Waals surface area contributed by atoms with Gasteiger partial charge in [0, 0.05) is 23.8 Å². The van der Waals surface area contributed by atoms with Gasteiger partial charge in [0.25, 0.3) is 0 Å². The molecule has 0 saturated heterocycles. The molecule has 186 valence electrons. The Morgan fingerprint density at radius 1 is 1.12 bits per heavy atom. The lowest BCUT2D eigenvalue weighted by Gasteiger charge is -2.29. The normalized spacial score (nSPS) is 12.6. The molecule has 34 heavy (non-hydrogen) atoms. The zero-order valence-electron chi connectivity index (χ0n) is 20.7. The van der Waals surface area contributed by atoms with Crippen LogP contribution in [0.1, 0.15) is 37.5 Å². The highest BCUT2D eigenvalue weighted by atomic mass is 32.2. The van der Waals surface area contributed by atoms with E-state index in [4.69, 9.17) is 22.7 Å². The first-order valence-electron chi connectivity index (χ1n) is 11.0. The molecule has 7 nitrogen and oxygen atoms in total. The van der Waals surface area contributed by atoms with E-state index in [0.29, 0.717) is 18.7 Å². The van der Waals surface area contributed by atoms with Crippen molar-refractivity contribution in [3.8, 4) is 0 Å². The predicted octanol–water partition coefficient (Wildman–Crippen LogP) is 4.17. The number of aryl methyl sites for hydroxylation is 2. The molecule has 0 amide bonds. The van der Waals surface area contributed by atoms with E-state index in [0.717, 1.165) is 17.5 Å². The number of benzene rings is 2. The number of hydrogen-bond donors (Lipinski definition) is 2. The third-order valence-corrected chi connectivity index (χ3v) is 6.17. The highest BCUT2D eigenvalue weighted by Gasteiger charge is 2.26. The summed E-state index contributed by atoms with van der Waals surface area (Å²) >= 11 is 5.32. The zero-order chi connectivity index (χ0) is 25.7. The molecule has 0 heterocycles. The quantitative estimate of drug-likeness (QED) is 0.389. The van der Waals surface area contributed by atoms with Crippen molar-refractivity contribution < 1.29 is 17.9 Å². The first-order chi connectivity index (χ1) is 15.7. The van der Waals surface area contributed by atoms with Crippen molar-refractivity contribution in [3.63, 3.8) is 0 Å². The Labute approximate surface area is 208 Å². The molecule has 1 unspecified atom stereocenters. The Balaban J connectivity index is 2.27. The number of hydrogen-bond acceptors (Lipinski definition) is 5. The first kappa shape index (κ1) is 27.6. The SMILES string of the molecule is Cc1ccc(CC(COC(=O)C(C)(C)C)CN(C(N)=S)c2ccc(NS(C)(=O)=O)cc2)cc1C. The number of rotatable bonds is 9. The molecular weight excluding hydrogens is 470 g/mol. The number of sulfonamides is 1. The van der Waals surface area contributed by atoms with Crippen molar-refractivity contribution in [1.29, 1.82) is 0 Å². The van der Waals surface area contributed by atoms with Gasteiger partial charge in [-0.3, -0.25) is 9.52 Å².